The number of hydrogen-bond acceptors (Lipinski definition) is 6. The van der Waals surface area contributed by atoms with Gasteiger partial charge in [0.15, 0.2) is 0 Å². The number of amides is 2. The number of hydrogen-bond donors (Lipinski definition) is 1. The van der Waals surface area contributed by atoms with Crippen molar-refractivity contribution in [1.82, 2.24) is 24.8 Å². The van der Waals surface area contributed by atoms with Crippen LogP contribution < -0.4 is 10.5 Å². The lowest BCUT2D eigenvalue weighted by atomic mass is 9.92. The number of anilines is 1. The maximum atomic E-state index is 12.9. The zero-order chi connectivity index (χ0) is 21.4. The predicted molar refractivity (Wildman–Crippen MR) is 113 cm³/mol. The minimum atomic E-state index is -0.404. The largest absolute Gasteiger partial charge is 0.347 e. The number of aromatic amines is 1. The highest BCUT2D eigenvalue weighted by Gasteiger charge is 2.33. The molecule has 2 fully saturated rings. The van der Waals surface area contributed by atoms with E-state index in [1.807, 2.05) is 32.0 Å². The van der Waals surface area contributed by atoms with Crippen molar-refractivity contribution in [3.05, 3.63) is 28.3 Å². The number of carbonyl (C=O) groups excluding carboxylic acids is 2. The zero-order valence-corrected chi connectivity index (χ0v) is 17.7. The highest BCUT2D eigenvalue weighted by Crippen LogP contribution is 2.28. The van der Waals surface area contributed by atoms with Crippen LogP contribution in [0.5, 0.6) is 0 Å². The molecule has 30 heavy (non-hydrogen) atoms. The minimum Gasteiger partial charge on any atom is -0.347 e. The molecule has 0 unspecified atom stereocenters. The molecule has 2 aliphatic heterocycles. The highest BCUT2D eigenvalue weighted by atomic mass is 16.2. The molecule has 0 bridgehead atoms. The van der Waals surface area contributed by atoms with E-state index < -0.39 is 6.04 Å². The van der Waals surface area contributed by atoms with Gasteiger partial charge in [0.05, 0.1) is 10.9 Å². The molecule has 9 heteroatoms. The number of carbonyl (C=O) groups is 2. The summed E-state index contributed by atoms with van der Waals surface area (Å²) >= 11 is 0. The molecule has 4 rings (SSSR count). The number of aromatic nitrogens is 3. The Morgan fingerprint density at radius 3 is 2.60 bits per heavy atom. The molecule has 2 saturated heterocycles. The lowest BCUT2D eigenvalue weighted by Crippen LogP contribution is -2.49. The summed E-state index contributed by atoms with van der Waals surface area (Å²) in [5, 5.41) is 0.473. The third kappa shape index (κ3) is 3.76. The zero-order valence-electron chi connectivity index (χ0n) is 17.7. The molecule has 2 amide bonds. The van der Waals surface area contributed by atoms with Crippen LogP contribution in [0.25, 0.3) is 10.9 Å². The smallest absolute Gasteiger partial charge is 0.259 e. The Kier molecular flexibility index (Phi) is 5.44. The van der Waals surface area contributed by atoms with Crippen LogP contribution in [0.1, 0.15) is 44.2 Å². The fourth-order valence-corrected chi connectivity index (χ4v) is 4.37. The van der Waals surface area contributed by atoms with Crippen molar-refractivity contribution in [2.24, 2.45) is 0 Å². The molecular formula is C21H28N6O3. The second kappa shape index (κ2) is 8.04. The SMILES string of the molecule is C[C@@H](C(=O)N1CCC(c2cc3nc(N(C)C)ncc3c(=O)[nH]2)CC1)N1CCCC1=O. The quantitative estimate of drug-likeness (QED) is 0.807. The summed E-state index contributed by atoms with van der Waals surface area (Å²) in [7, 11) is 3.72. The second-order valence-corrected chi connectivity index (χ2v) is 8.38. The summed E-state index contributed by atoms with van der Waals surface area (Å²) in [5.74, 6) is 0.801. The molecule has 0 radical (unpaired) electrons. The molecule has 0 spiro atoms. The number of nitrogens with one attached hydrogen (secondary N) is 1. The van der Waals surface area contributed by atoms with Crippen LogP contribution in [0.2, 0.25) is 0 Å². The number of pyridine rings is 1. The van der Waals surface area contributed by atoms with Gasteiger partial charge in [-0.15, -0.1) is 0 Å². The van der Waals surface area contributed by atoms with Crippen LogP contribution in [-0.2, 0) is 9.59 Å². The van der Waals surface area contributed by atoms with Crippen molar-refractivity contribution >= 4 is 28.7 Å². The Balaban J connectivity index is 1.47. The van der Waals surface area contributed by atoms with Crippen LogP contribution in [0.15, 0.2) is 17.1 Å². The number of nitrogens with zero attached hydrogens (tertiary/aromatic N) is 5. The van der Waals surface area contributed by atoms with E-state index in [0.717, 1.165) is 25.0 Å². The van der Waals surface area contributed by atoms with Gasteiger partial charge < -0.3 is 19.7 Å². The first-order chi connectivity index (χ1) is 14.3. The van der Waals surface area contributed by atoms with Crippen molar-refractivity contribution in [1.29, 1.82) is 0 Å². The predicted octanol–water partition coefficient (Wildman–Crippen LogP) is 1.10. The van der Waals surface area contributed by atoms with Crippen LogP contribution >= 0.6 is 0 Å². The van der Waals surface area contributed by atoms with E-state index in [9.17, 15) is 14.4 Å². The molecule has 160 valence electrons. The molecule has 2 aliphatic rings. The number of rotatable bonds is 4. The van der Waals surface area contributed by atoms with Crippen LogP contribution in [0.3, 0.4) is 0 Å². The number of piperidine rings is 1. The Bertz CT molecular complexity index is 1030. The molecule has 9 nitrogen and oxygen atoms in total. The van der Waals surface area contributed by atoms with Gasteiger partial charge in [0.25, 0.3) is 5.56 Å². The summed E-state index contributed by atoms with van der Waals surface area (Å²) < 4.78 is 0. The van der Waals surface area contributed by atoms with Gasteiger partial charge in [0.1, 0.15) is 6.04 Å². The van der Waals surface area contributed by atoms with Gasteiger partial charge in [-0.3, -0.25) is 14.4 Å². The van der Waals surface area contributed by atoms with E-state index >= 15 is 0 Å². The van der Waals surface area contributed by atoms with E-state index in [1.165, 1.54) is 0 Å². The lowest BCUT2D eigenvalue weighted by molar-refractivity contribution is -0.143. The fraction of sp³-hybridized carbons (Fsp3) is 0.571. The first-order valence-corrected chi connectivity index (χ1v) is 10.5. The van der Waals surface area contributed by atoms with E-state index in [-0.39, 0.29) is 23.3 Å². The van der Waals surface area contributed by atoms with Crippen LogP contribution in [-0.4, -0.2) is 76.3 Å². The van der Waals surface area contributed by atoms with Gasteiger partial charge >= 0.3 is 0 Å². The Morgan fingerprint density at radius 2 is 1.97 bits per heavy atom. The van der Waals surface area contributed by atoms with Gasteiger partial charge in [-0.2, -0.15) is 0 Å². The summed E-state index contributed by atoms with van der Waals surface area (Å²) in [6.07, 6.45) is 4.45. The van der Waals surface area contributed by atoms with E-state index in [0.29, 0.717) is 42.9 Å². The van der Waals surface area contributed by atoms with Crippen LogP contribution in [0.4, 0.5) is 5.95 Å². The third-order valence-corrected chi connectivity index (χ3v) is 6.18. The monoisotopic (exact) mass is 412 g/mol. The second-order valence-electron chi connectivity index (χ2n) is 8.38. The molecule has 2 aromatic heterocycles. The minimum absolute atomic E-state index is 0.0130. The van der Waals surface area contributed by atoms with E-state index in [4.69, 9.17) is 0 Å². The third-order valence-electron chi connectivity index (χ3n) is 6.18. The van der Waals surface area contributed by atoms with Crippen molar-refractivity contribution in [3.8, 4) is 0 Å². The number of likely N-dealkylation sites (tertiary alicyclic amines) is 2. The molecule has 2 aromatic rings. The highest BCUT2D eigenvalue weighted by molar-refractivity contribution is 5.88. The van der Waals surface area contributed by atoms with Gasteiger partial charge in [-0.1, -0.05) is 0 Å². The van der Waals surface area contributed by atoms with Gasteiger partial charge in [0, 0.05) is 58.0 Å². The number of H-pyrrole nitrogens is 1. The van der Waals surface area contributed by atoms with Crippen LogP contribution in [0, 0.1) is 0 Å². The molecule has 4 heterocycles. The fourth-order valence-electron chi connectivity index (χ4n) is 4.37. The summed E-state index contributed by atoms with van der Waals surface area (Å²) in [6.45, 7) is 3.71. The molecule has 0 aliphatic carbocycles. The normalized spacial score (nSPS) is 18.8. The van der Waals surface area contributed by atoms with Gasteiger partial charge in [-0.25, -0.2) is 9.97 Å². The van der Waals surface area contributed by atoms with Crippen molar-refractivity contribution in [3.63, 3.8) is 0 Å². The molecule has 1 atom stereocenters. The van der Waals surface area contributed by atoms with Gasteiger partial charge in [0.2, 0.25) is 17.8 Å². The topological polar surface area (TPSA) is 102 Å². The lowest BCUT2D eigenvalue weighted by Gasteiger charge is -2.35. The molecular weight excluding hydrogens is 384 g/mol. The van der Waals surface area contributed by atoms with E-state index in [1.54, 1.807) is 16.0 Å². The molecule has 0 saturated carbocycles. The maximum Gasteiger partial charge on any atom is 0.259 e. The first-order valence-electron chi connectivity index (χ1n) is 10.5. The average molecular weight is 412 g/mol. The van der Waals surface area contributed by atoms with Crippen molar-refractivity contribution < 1.29 is 9.59 Å². The summed E-state index contributed by atoms with van der Waals surface area (Å²) in [4.78, 5) is 54.4. The van der Waals surface area contributed by atoms with E-state index in [2.05, 4.69) is 15.0 Å². The summed E-state index contributed by atoms with van der Waals surface area (Å²) in [6, 6.07) is 1.53. The molecule has 0 aromatic carbocycles. The summed E-state index contributed by atoms with van der Waals surface area (Å²) in [5.41, 5.74) is 1.30. The molecule has 1 N–H and O–H groups in total. The standard InChI is InChI=1S/C21H28N6O3/c1-13(27-8-4-5-18(27)28)20(30)26-9-6-14(7-10-26)16-11-17-15(19(29)23-16)12-22-21(24-17)25(2)3/h11-14H,4-10H2,1-3H3,(H,23,29)/t13-/m0/s1. The average Bonchev–Trinajstić information content (AvgIpc) is 3.18. The van der Waals surface area contributed by atoms with Crippen molar-refractivity contribution in [2.75, 3.05) is 38.6 Å². The Labute approximate surface area is 175 Å². The Morgan fingerprint density at radius 1 is 1.23 bits per heavy atom. The number of fused-ring (bicyclic) bond motifs is 1. The Hall–Kier alpha value is -2.97. The van der Waals surface area contributed by atoms with Gasteiger partial charge in [-0.05, 0) is 32.3 Å². The van der Waals surface area contributed by atoms with Crippen molar-refractivity contribution in [2.45, 2.75) is 44.6 Å². The maximum absolute atomic E-state index is 12.9. The first kappa shape index (κ1) is 20.3.